The van der Waals surface area contributed by atoms with Gasteiger partial charge in [0, 0.05) is 18.2 Å². The Morgan fingerprint density at radius 3 is 2.33 bits per heavy atom. The van der Waals surface area contributed by atoms with Crippen LogP contribution in [0.2, 0.25) is 0 Å². The number of ether oxygens (including phenoxy) is 1. The zero-order valence-corrected chi connectivity index (χ0v) is 14.1. The topological polar surface area (TPSA) is 58.7 Å². The Labute approximate surface area is 132 Å². The molecule has 0 aliphatic carbocycles. The van der Waals surface area contributed by atoms with Gasteiger partial charge in [-0.05, 0) is 44.2 Å². The van der Waals surface area contributed by atoms with Crippen LogP contribution in [-0.4, -0.2) is 47.3 Å². The zero-order valence-electron chi connectivity index (χ0n) is 13.2. The maximum atomic E-state index is 10.0. The third-order valence-electron chi connectivity index (χ3n) is 3.74. The molecule has 0 aliphatic heterocycles. The highest BCUT2D eigenvalue weighted by Gasteiger charge is 2.16. The third-order valence-corrected chi connectivity index (χ3v) is 3.98. The molecule has 0 radical (unpaired) electrons. The summed E-state index contributed by atoms with van der Waals surface area (Å²) in [5.41, 5.74) is 6.35. The first-order valence-electron chi connectivity index (χ1n) is 7.22. The van der Waals surface area contributed by atoms with Crippen LogP contribution in [0.3, 0.4) is 0 Å². The van der Waals surface area contributed by atoms with E-state index in [-0.39, 0.29) is 6.61 Å². The van der Waals surface area contributed by atoms with Crippen LogP contribution < -0.4 is 10.5 Å². The normalized spacial score (nSPS) is 14.2. The maximum absolute atomic E-state index is 10.0. The minimum atomic E-state index is -0.522. The summed E-state index contributed by atoms with van der Waals surface area (Å²) in [4.78, 5) is 2.51. The summed E-state index contributed by atoms with van der Waals surface area (Å²) in [6.07, 6.45) is -0.522. The highest BCUT2D eigenvalue weighted by molar-refractivity contribution is 7.80. The molecule has 5 heteroatoms. The molecule has 0 bridgehead atoms. The van der Waals surface area contributed by atoms with Crippen molar-refractivity contribution in [3.8, 4) is 5.75 Å². The fraction of sp³-hybridized carbons (Fsp3) is 0.562. The molecule has 0 aliphatic rings. The van der Waals surface area contributed by atoms with Gasteiger partial charge in [0.15, 0.2) is 0 Å². The van der Waals surface area contributed by atoms with Gasteiger partial charge >= 0.3 is 0 Å². The number of thiocarbonyl (C=S) groups is 1. The van der Waals surface area contributed by atoms with Crippen LogP contribution in [0.15, 0.2) is 24.3 Å². The number of nitrogens with zero attached hydrogens (tertiary/aromatic N) is 1. The summed E-state index contributed by atoms with van der Waals surface area (Å²) in [5, 5.41) is 10.0. The molecule has 21 heavy (non-hydrogen) atoms. The van der Waals surface area contributed by atoms with Crippen LogP contribution in [0.25, 0.3) is 0 Å². The van der Waals surface area contributed by atoms with Crippen molar-refractivity contribution in [1.29, 1.82) is 0 Å². The number of likely N-dealkylation sites (N-methyl/N-ethyl adjacent to an activating group) is 1. The molecule has 2 atom stereocenters. The zero-order chi connectivity index (χ0) is 16.0. The molecule has 0 saturated carbocycles. The summed E-state index contributed by atoms with van der Waals surface area (Å²) < 4.78 is 5.58. The quantitative estimate of drug-likeness (QED) is 0.720. The molecule has 0 heterocycles. The molecule has 1 aromatic carbocycles. The third kappa shape index (κ3) is 5.99. The summed E-state index contributed by atoms with van der Waals surface area (Å²) in [6, 6.07) is 7.67. The Morgan fingerprint density at radius 1 is 1.29 bits per heavy atom. The molecule has 118 valence electrons. The van der Waals surface area contributed by atoms with Gasteiger partial charge < -0.3 is 20.5 Å². The molecule has 0 spiro atoms. The number of aliphatic hydroxyl groups excluding tert-OH is 1. The van der Waals surface area contributed by atoms with Gasteiger partial charge in [-0.1, -0.05) is 26.1 Å². The van der Waals surface area contributed by atoms with Crippen LogP contribution in [0, 0.1) is 5.92 Å². The molecule has 0 saturated heterocycles. The lowest BCUT2D eigenvalue weighted by molar-refractivity contribution is 0.0583. The largest absolute Gasteiger partial charge is 0.491 e. The second-order valence-corrected chi connectivity index (χ2v) is 6.22. The smallest absolute Gasteiger partial charge is 0.119 e. The van der Waals surface area contributed by atoms with Gasteiger partial charge in [-0.2, -0.15) is 0 Å². The van der Waals surface area contributed by atoms with Crippen LogP contribution in [0.5, 0.6) is 5.75 Å². The molecule has 4 nitrogen and oxygen atoms in total. The van der Waals surface area contributed by atoms with Gasteiger partial charge in [0.25, 0.3) is 0 Å². The lowest BCUT2D eigenvalue weighted by Gasteiger charge is -2.29. The number of rotatable bonds is 8. The van der Waals surface area contributed by atoms with Gasteiger partial charge in [-0.3, -0.25) is 0 Å². The first kappa shape index (κ1) is 17.9. The number of hydrogen-bond acceptors (Lipinski definition) is 4. The Kier molecular flexibility index (Phi) is 7.08. The van der Waals surface area contributed by atoms with Crippen molar-refractivity contribution in [1.82, 2.24) is 4.90 Å². The van der Waals surface area contributed by atoms with Crippen molar-refractivity contribution in [3.05, 3.63) is 29.8 Å². The predicted molar refractivity (Wildman–Crippen MR) is 90.8 cm³/mol. The fourth-order valence-electron chi connectivity index (χ4n) is 1.97. The highest BCUT2D eigenvalue weighted by Crippen LogP contribution is 2.13. The molecule has 0 aromatic heterocycles. The lowest BCUT2D eigenvalue weighted by Crippen LogP contribution is -2.40. The minimum Gasteiger partial charge on any atom is -0.491 e. The first-order valence-corrected chi connectivity index (χ1v) is 7.63. The van der Waals surface area contributed by atoms with E-state index in [9.17, 15) is 5.11 Å². The van der Waals surface area contributed by atoms with Crippen molar-refractivity contribution >= 4 is 17.2 Å². The Bertz CT molecular complexity index is 448. The van der Waals surface area contributed by atoms with Crippen LogP contribution in [-0.2, 0) is 0 Å². The van der Waals surface area contributed by atoms with E-state index >= 15 is 0 Å². The molecule has 0 amide bonds. The summed E-state index contributed by atoms with van der Waals surface area (Å²) in [7, 11) is 2.02. The summed E-state index contributed by atoms with van der Waals surface area (Å²) in [6.45, 7) is 7.36. The van der Waals surface area contributed by atoms with E-state index in [0.29, 0.717) is 29.2 Å². The molecule has 3 N–H and O–H groups in total. The Morgan fingerprint density at radius 2 is 1.86 bits per heavy atom. The Hall–Kier alpha value is -1.17. The van der Waals surface area contributed by atoms with Gasteiger partial charge in [-0.15, -0.1) is 0 Å². The van der Waals surface area contributed by atoms with E-state index in [2.05, 4.69) is 25.7 Å². The van der Waals surface area contributed by atoms with Crippen LogP contribution in [0.1, 0.15) is 26.3 Å². The highest BCUT2D eigenvalue weighted by atomic mass is 32.1. The van der Waals surface area contributed by atoms with Gasteiger partial charge in [0.2, 0.25) is 0 Å². The van der Waals surface area contributed by atoms with Crippen LogP contribution >= 0.6 is 12.2 Å². The monoisotopic (exact) mass is 310 g/mol. The van der Waals surface area contributed by atoms with E-state index in [1.54, 1.807) is 0 Å². The van der Waals surface area contributed by atoms with E-state index in [4.69, 9.17) is 22.7 Å². The van der Waals surface area contributed by atoms with Gasteiger partial charge in [0.1, 0.15) is 23.4 Å². The van der Waals surface area contributed by atoms with E-state index in [1.165, 1.54) is 0 Å². The SMILES string of the molecule is CC(C)C(C)N(C)CC(O)COc1ccc(C(N)=S)cc1. The van der Waals surface area contributed by atoms with E-state index < -0.39 is 6.10 Å². The number of hydrogen-bond donors (Lipinski definition) is 2. The van der Waals surface area contributed by atoms with Crippen molar-refractivity contribution in [2.75, 3.05) is 20.2 Å². The molecule has 1 rings (SSSR count). The average Bonchev–Trinajstić information content (AvgIpc) is 2.44. The lowest BCUT2D eigenvalue weighted by atomic mass is 10.1. The number of aliphatic hydroxyl groups is 1. The number of nitrogens with two attached hydrogens (primary N) is 1. The maximum Gasteiger partial charge on any atom is 0.119 e. The first-order chi connectivity index (χ1) is 9.81. The average molecular weight is 310 g/mol. The molecule has 1 aromatic rings. The predicted octanol–water partition coefficient (Wildman–Crippen LogP) is 2.04. The molecular formula is C16H26N2O2S. The van der Waals surface area contributed by atoms with Crippen LogP contribution in [0.4, 0.5) is 0 Å². The minimum absolute atomic E-state index is 0.265. The standard InChI is InChI=1S/C16H26N2O2S/c1-11(2)12(3)18(4)9-14(19)10-20-15-7-5-13(6-8-15)16(17)21/h5-8,11-12,14,19H,9-10H2,1-4H3,(H2,17,21). The van der Waals surface area contributed by atoms with E-state index in [1.807, 2.05) is 31.3 Å². The summed E-state index contributed by atoms with van der Waals surface area (Å²) in [5.74, 6) is 1.25. The second-order valence-electron chi connectivity index (χ2n) is 5.78. The molecule has 2 unspecified atom stereocenters. The van der Waals surface area contributed by atoms with Gasteiger partial charge in [-0.25, -0.2) is 0 Å². The van der Waals surface area contributed by atoms with Crippen molar-refractivity contribution in [2.45, 2.75) is 32.9 Å². The summed E-state index contributed by atoms with van der Waals surface area (Å²) >= 11 is 4.90. The van der Waals surface area contributed by atoms with E-state index in [0.717, 1.165) is 5.56 Å². The Balaban J connectivity index is 2.42. The molecular weight excluding hydrogens is 284 g/mol. The van der Waals surface area contributed by atoms with Crippen molar-refractivity contribution < 1.29 is 9.84 Å². The second kappa shape index (κ2) is 8.32. The van der Waals surface area contributed by atoms with Crippen molar-refractivity contribution in [2.24, 2.45) is 11.7 Å². The fourth-order valence-corrected chi connectivity index (χ4v) is 2.10. The number of benzene rings is 1. The molecule has 0 fully saturated rings. The van der Waals surface area contributed by atoms with Gasteiger partial charge in [0.05, 0.1) is 0 Å². The van der Waals surface area contributed by atoms with Crippen molar-refractivity contribution in [3.63, 3.8) is 0 Å².